The lowest BCUT2D eigenvalue weighted by atomic mass is 10.1. The van der Waals surface area contributed by atoms with Gasteiger partial charge in [0, 0.05) is 23.5 Å². The fourth-order valence-electron chi connectivity index (χ4n) is 3.67. The number of fused-ring (bicyclic) bond motifs is 1. The Morgan fingerprint density at radius 1 is 1.12 bits per heavy atom. The van der Waals surface area contributed by atoms with E-state index in [0.717, 1.165) is 12.1 Å². The van der Waals surface area contributed by atoms with Crippen LogP contribution in [0.3, 0.4) is 0 Å². The summed E-state index contributed by atoms with van der Waals surface area (Å²) in [5.74, 6) is 0.305. The van der Waals surface area contributed by atoms with E-state index in [1.807, 2.05) is 0 Å². The van der Waals surface area contributed by atoms with Gasteiger partial charge in [-0.15, -0.1) is 0 Å². The molecule has 4 rings (SSSR count). The second-order valence-electron chi connectivity index (χ2n) is 9.45. The molecule has 0 saturated heterocycles. The number of anilines is 2. The molecule has 0 aliphatic rings. The number of hydrogen-bond donors (Lipinski definition) is 5. The van der Waals surface area contributed by atoms with Crippen LogP contribution in [0.1, 0.15) is 31.5 Å². The first-order chi connectivity index (χ1) is 18.8. The Morgan fingerprint density at radius 3 is 2.60 bits per heavy atom. The smallest absolute Gasteiger partial charge is 0.416 e. The first-order valence-corrected chi connectivity index (χ1v) is 12.2. The summed E-state index contributed by atoms with van der Waals surface area (Å²) in [6.45, 7) is 3.27. The van der Waals surface area contributed by atoms with Crippen molar-refractivity contribution in [3.8, 4) is 11.6 Å². The molecule has 40 heavy (non-hydrogen) atoms. The van der Waals surface area contributed by atoms with Gasteiger partial charge in [0.1, 0.15) is 5.75 Å². The zero-order chi connectivity index (χ0) is 29.1. The lowest BCUT2D eigenvalue weighted by molar-refractivity contribution is -0.393. The number of rotatable bonds is 8. The molecule has 0 saturated carbocycles. The molecule has 2 aromatic heterocycles. The molecule has 14 heteroatoms. The van der Waals surface area contributed by atoms with Gasteiger partial charge in [0.25, 0.3) is 6.33 Å². The van der Waals surface area contributed by atoms with Gasteiger partial charge in [0.15, 0.2) is 5.52 Å². The standard InChI is InChI=1S/C26H24ClF3N6O4/c1-25(2,39)11-21(37)31-12-16-9-20-22(34-16)23(33-13-32-20)40-17-6-7-19(18(27)10-17)36-24(38)35-15-5-3-4-14(8-15)26(28,29)30/h3-10,13,34,39H,11-12H2,1-2H3,(H,31,37)(H2,35,36,38)/p+1. The highest BCUT2D eigenvalue weighted by molar-refractivity contribution is 6.34. The topological polar surface area (TPSA) is 143 Å². The minimum atomic E-state index is -4.54. The Hall–Kier alpha value is -4.36. The lowest BCUT2D eigenvalue weighted by Gasteiger charge is -2.15. The zero-order valence-electron chi connectivity index (χ0n) is 21.2. The SMILES string of the molecule is CC(C)(O)CC(=O)NCc1cc2nc[nH+]c(Oc3ccc(NC(=O)Nc4cccc(C(F)(F)F)c4)c(Cl)c3)c2[nH]1. The summed E-state index contributed by atoms with van der Waals surface area (Å²) in [7, 11) is 0. The van der Waals surface area contributed by atoms with E-state index in [2.05, 4.69) is 30.9 Å². The first kappa shape index (κ1) is 28.6. The van der Waals surface area contributed by atoms with Crippen molar-refractivity contribution in [2.24, 2.45) is 0 Å². The zero-order valence-corrected chi connectivity index (χ0v) is 22.0. The number of aromatic nitrogens is 3. The van der Waals surface area contributed by atoms with Crippen molar-refractivity contribution in [3.05, 3.63) is 71.1 Å². The predicted octanol–water partition coefficient (Wildman–Crippen LogP) is 5.26. The number of amides is 3. The second kappa shape index (κ2) is 11.4. The van der Waals surface area contributed by atoms with Gasteiger partial charge in [-0.2, -0.15) is 13.2 Å². The molecule has 0 atom stereocenters. The number of nitrogens with zero attached hydrogens (tertiary/aromatic N) is 1. The Bertz CT molecular complexity index is 1550. The summed E-state index contributed by atoms with van der Waals surface area (Å²) in [5.41, 5.74) is -0.115. The number of nitrogens with one attached hydrogen (secondary N) is 5. The average molecular weight is 578 g/mol. The third-order valence-electron chi connectivity index (χ3n) is 5.40. The fourth-order valence-corrected chi connectivity index (χ4v) is 3.88. The van der Waals surface area contributed by atoms with Gasteiger partial charge < -0.3 is 30.8 Å². The van der Waals surface area contributed by atoms with Crippen molar-refractivity contribution in [2.45, 2.75) is 38.6 Å². The molecule has 6 N–H and O–H groups in total. The van der Waals surface area contributed by atoms with Gasteiger partial charge in [-0.1, -0.05) is 17.7 Å². The van der Waals surface area contributed by atoms with Crippen LogP contribution in [-0.4, -0.2) is 32.6 Å². The number of aliphatic hydroxyl groups is 1. The number of alkyl halides is 3. The van der Waals surface area contributed by atoms with Gasteiger partial charge in [-0.25, -0.2) is 9.78 Å². The third kappa shape index (κ3) is 7.61. The van der Waals surface area contributed by atoms with Crippen LogP contribution in [0, 0.1) is 0 Å². The van der Waals surface area contributed by atoms with Gasteiger partial charge >= 0.3 is 18.1 Å². The molecule has 0 radical (unpaired) electrons. The maximum atomic E-state index is 12.9. The largest absolute Gasteiger partial charge is 0.421 e. The molecular formula is C26H25ClF3N6O4+. The van der Waals surface area contributed by atoms with Crippen molar-refractivity contribution in [2.75, 3.05) is 10.6 Å². The van der Waals surface area contributed by atoms with E-state index in [1.54, 1.807) is 19.9 Å². The Labute approximate surface area is 230 Å². The number of hydrogen-bond acceptors (Lipinski definition) is 5. The first-order valence-electron chi connectivity index (χ1n) is 11.9. The highest BCUT2D eigenvalue weighted by atomic mass is 35.5. The number of carbonyl (C=O) groups excluding carboxylic acids is 2. The molecule has 0 aliphatic heterocycles. The van der Waals surface area contributed by atoms with E-state index in [-0.39, 0.29) is 35.3 Å². The number of ether oxygens (including phenoxy) is 1. The van der Waals surface area contributed by atoms with E-state index in [9.17, 15) is 27.9 Å². The minimum Gasteiger partial charge on any atom is -0.421 e. The van der Waals surface area contributed by atoms with E-state index in [0.29, 0.717) is 28.4 Å². The normalized spacial score (nSPS) is 11.8. The molecule has 2 heterocycles. The number of carbonyl (C=O) groups is 2. The number of H-pyrrole nitrogens is 2. The summed E-state index contributed by atoms with van der Waals surface area (Å²) < 4.78 is 44.6. The quantitative estimate of drug-likeness (QED) is 0.194. The summed E-state index contributed by atoms with van der Waals surface area (Å²) in [4.78, 5) is 34.6. The highest BCUT2D eigenvalue weighted by Crippen LogP contribution is 2.32. The molecule has 0 spiro atoms. The van der Waals surface area contributed by atoms with Gasteiger partial charge in [-0.3, -0.25) is 4.79 Å². The molecular weight excluding hydrogens is 553 g/mol. The van der Waals surface area contributed by atoms with E-state index < -0.39 is 23.4 Å². The van der Waals surface area contributed by atoms with Crippen LogP contribution in [0.25, 0.3) is 11.0 Å². The summed E-state index contributed by atoms with van der Waals surface area (Å²) in [6.07, 6.45) is -3.16. The minimum absolute atomic E-state index is 0.0391. The van der Waals surface area contributed by atoms with Crippen molar-refractivity contribution < 1.29 is 37.6 Å². The Balaban J connectivity index is 1.41. The van der Waals surface area contributed by atoms with Crippen LogP contribution in [-0.2, 0) is 17.5 Å². The molecule has 2 aromatic carbocycles. The molecule has 210 valence electrons. The molecule has 0 bridgehead atoms. The van der Waals surface area contributed by atoms with Crippen molar-refractivity contribution in [1.29, 1.82) is 0 Å². The van der Waals surface area contributed by atoms with Crippen LogP contribution in [0.15, 0.2) is 54.9 Å². The Morgan fingerprint density at radius 2 is 1.90 bits per heavy atom. The third-order valence-corrected chi connectivity index (χ3v) is 5.72. The summed E-state index contributed by atoms with van der Waals surface area (Å²) in [5, 5.41) is 17.4. The van der Waals surface area contributed by atoms with Crippen molar-refractivity contribution in [3.63, 3.8) is 0 Å². The van der Waals surface area contributed by atoms with Gasteiger partial charge in [0.2, 0.25) is 11.4 Å². The molecule has 3 amide bonds. The monoisotopic (exact) mass is 577 g/mol. The average Bonchev–Trinajstić information content (AvgIpc) is 3.27. The Kier molecular flexibility index (Phi) is 8.16. The lowest BCUT2D eigenvalue weighted by Crippen LogP contribution is -2.31. The summed E-state index contributed by atoms with van der Waals surface area (Å²) >= 11 is 6.31. The predicted molar refractivity (Wildman–Crippen MR) is 141 cm³/mol. The molecule has 4 aromatic rings. The maximum absolute atomic E-state index is 12.9. The number of urea groups is 1. The number of benzene rings is 2. The van der Waals surface area contributed by atoms with Crippen LogP contribution in [0.2, 0.25) is 5.02 Å². The van der Waals surface area contributed by atoms with Crippen LogP contribution in [0.4, 0.5) is 29.3 Å². The van der Waals surface area contributed by atoms with E-state index in [4.69, 9.17) is 16.3 Å². The van der Waals surface area contributed by atoms with E-state index in [1.165, 1.54) is 36.7 Å². The van der Waals surface area contributed by atoms with Crippen LogP contribution in [0.5, 0.6) is 11.6 Å². The van der Waals surface area contributed by atoms with Crippen molar-refractivity contribution in [1.82, 2.24) is 15.3 Å². The van der Waals surface area contributed by atoms with E-state index >= 15 is 0 Å². The van der Waals surface area contributed by atoms with Crippen LogP contribution >= 0.6 is 11.6 Å². The second-order valence-corrected chi connectivity index (χ2v) is 9.86. The molecule has 0 fully saturated rings. The van der Waals surface area contributed by atoms with Crippen molar-refractivity contribution >= 4 is 45.9 Å². The van der Waals surface area contributed by atoms with Crippen LogP contribution < -0.4 is 25.7 Å². The highest BCUT2D eigenvalue weighted by Gasteiger charge is 2.30. The number of halogens is 4. The summed E-state index contributed by atoms with van der Waals surface area (Å²) in [6, 6.07) is 9.64. The molecule has 0 aliphatic carbocycles. The van der Waals surface area contributed by atoms with Gasteiger partial charge in [-0.05, 0) is 49.2 Å². The maximum Gasteiger partial charge on any atom is 0.416 e. The molecule has 10 nitrogen and oxygen atoms in total. The fraction of sp³-hybridized carbons (Fsp3) is 0.231. The molecule has 0 unspecified atom stereocenters. The number of aromatic amines is 2. The van der Waals surface area contributed by atoms with Gasteiger partial charge in [0.05, 0.1) is 34.8 Å².